The monoisotopic (exact) mass is 285 g/mol. The van der Waals surface area contributed by atoms with E-state index in [1.54, 1.807) is 0 Å². The number of hydrogen-bond donors (Lipinski definition) is 0. The summed E-state index contributed by atoms with van der Waals surface area (Å²) >= 11 is 0. The lowest BCUT2D eigenvalue weighted by molar-refractivity contribution is -0.141. The molecular weight excluding hydrogens is 262 g/mol. The first-order valence-corrected chi connectivity index (χ1v) is 7.60. The van der Waals surface area contributed by atoms with Gasteiger partial charge in [-0.15, -0.1) is 0 Å². The summed E-state index contributed by atoms with van der Waals surface area (Å²) in [5.74, 6) is 0.158. The lowest BCUT2D eigenvalue weighted by atomic mass is 9.70. The van der Waals surface area contributed by atoms with E-state index < -0.39 is 0 Å². The molecule has 0 radical (unpaired) electrons. The molecule has 0 amide bonds. The van der Waals surface area contributed by atoms with E-state index in [0.717, 1.165) is 12.8 Å². The number of carbonyl (C=O) groups is 1. The molecule has 1 unspecified atom stereocenters. The third-order valence-electron chi connectivity index (χ3n) is 4.95. The SMILES string of the molecule is COC(=O)CC1CCC(C)(C)c2c1c1ccccc1n2C. The van der Waals surface area contributed by atoms with Gasteiger partial charge in [0.1, 0.15) is 0 Å². The van der Waals surface area contributed by atoms with Gasteiger partial charge in [-0.25, -0.2) is 0 Å². The zero-order chi connectivity index (χ0) is 15.2. The van der Waals surface area contributed by atoms with Gasteiger partial charge in [0.15, 0.2) is 0 Å². The van der Waals surface area contributed by atoms with Crippen LogP contribution in [0.25, 0.3) is 10.9 Å². The smallest absolute Gasteiger partial charge is 0.306 e. The molecular formula is C18H23NO2. The zero-order valence-corrected chi connectivity index (χ0v) is 13.3. The van der Waals surface area contributed by atoms with Crippen LogP contribution < -0.4 is 0 Å². The van der Waals surface area contributed by atoms with Gasteiger partial charge in [0.2, 0.25) is 0 Å². The molecule has 112 valence electrons. The Morgan fingerprint density at radius 1 is 1.38 bits per heavy atom. The second-order valence-corrected chi connectivity index (χ2v) is 6.74. The molecule has 3 nitrogen and oxygen atoms in total. The van der Waals surface area contributed by atoms with Crippen LogP contribution >= 0.6 is 0 Å². The minimum atomic E-state index is -0.112. The predicted molar refractivity (Wildman–Crippen MR) is 84.6 cm³/mol. The fourth-order valence-corrected chi connectivity index (χ4v) is 3.94. The first-order chi connectivity index (χ1) is 9.95. The van der Waals surface area contributed by atoms with Gasteiger partial charge >= 0.3 is 5.97 Å². The molecule has 1 aromatic carbocycles. The fraction of sp³-hybridized carbons (Fsp3) is 0.500. The average Bonchev–Trinajstić information content (AvgIpc) is 2.77. The van der Waals surface area contributed by atoms with Crippen molar-refractivity contribution in [2.45, 2.75) is 44.4 Å². The van der Waals surface area contributed by atoms with Gasteiger partial charge < -0.3 is 9.30 Å². The van der Waals surface area contributed by atoms with E-state index in [9.17, 15) is 4.79 Å². The van der Waals surface area contributed by atoms with E-state index in [4.69, 9.17) is 4.74 Å². The number of hydrogen-bond acceptors (Lipinski definition) is 2. The van der Waals surface area contributed by atoms with Crippen LogP contribution in [-0.4, -0.2) is 17.6 Å². The van der Waals surface area contributed by atoms with Gasteiger partial charge in [-0.3, -0.25) is 4.79 Å². The zero-order valence-electron chi connectivity index (χ0n) is 13.3. The van der Waals surface area contributed by atoms with Crippen molar-refractivity contribution in [1.29, 1.82) is 0 Å². The lowest BCUT2D eigenvalue weighted by Crippen LogP contribution is -2.29. The first kappa shape index (κ1) is 14.2. The highest BCUT2D eigenvalue weighted by atomic mass is 16.5. The largest absolute Gasteiger partial charge is 0.469 e. The summed E-state index contributed by atoms with van der Waals surface area (Å²) in [6.45, 7) is 4.61. The van der Waals surface area contributed by atoms with Crippen LogP contribution in [0.2, 0.25) is 0 Å². The Balaban J connectivity index is 2.22. The second-order valence-electron chi connectivity index (χ2n) is 6.74. The highest BCUT2D eigenvalue weighted by Gasteiger charge is 2.37. The molecule has 1 heterocycles. The van der Waals surface area contributed by atoms with Crippen molar-refractivity contribution in [2.75, 3.05) is 7.11 Å². The maximum atomic E-state index is 11.8. The van der Waals surface area contributed by atoms with E-state index in [1.807, 2.05) is 0 Å². The molecule has 2 aromatic rings. The fourth-order valence-electron chi connectivity index (χ4n) is 3.94. The van der Waals surface area contributed by atoms with E-state index in [-0.39, 0.29) is 17.3 Å². The number of rotatable bonds is 2. The number of carbonyl (C=O) groups excluding carboxylic acids is 1. The maximum absolute atomic E-state index is 11.8. The number of aromatic nitrogens is 1. The molecule has 0 bridgehead atoms. The molecule has 21 heavy (non-hydrogen) atoms. The molecule has 0 N–H and O–H groups in total. The highest BCUT2D eigenvalue weighted by molar-refractivity contribution is 5.87. The number of nitrogens with zero attached hydrogens (tertiary/aromatic N) is 1. The third kappa shape index (κ3) is 2.15. The summed E-state index contributed by atoms with van der Waals surface area (Å²) in [6, 6.07) is 8.51. The molecule has 0 saturated heterocycles. The second kappa shape index (κ2) is 4.90. The van der Waals surface area contributed by atoms with Crippen LogP contribution in [0.4, 0.5) is 0 Å². The Kier molecular flexibility index (Phi) is 3.31. The van der Waals surface area contributed by atoms with Gasteiger partial charge in [-0.2, -0.15) is 0 Å². The molecule has 0 spiro atoms. The molecule has 3 heteroatoms. The summed E-state index contributed by atoms with van der Waals surface area (Å²) in [4.78, 5) is 11.8. The summed E-state index contributed by atoms with van der Waals surface area (Å²) in [5, 5.41) is 1.29. The van der Waals surface area contributed by atoms with E-state index >= 15 is 0 Å². The van der Waals surface area contributed by atoms with Crippen LogP contribution in [0.3, 0.4) is 0 Å². The van der Waals surface area contributed by atoms with Gasteiger partial charge in [0, 0.05) is 29.1 Å². The summed E-state index contributed by atoms with van der Waals surface area (Å²) in [7, 11) is 3.61. The number of methoxy groups -OCH3 is 1. The van der Waals surface area contributed by atoms with Crippen molar-refractivity contribution < 1.29 is 9.53 Å². The number of ether oxygens (including phenoxy) is 1. The Morgan fingerprint density at radius 2 is 2.10 bits per heavy atom. The van der Waals surface area contributed by atoms with Crippen molar-refractivity contribution in [3.63, 3.8) is 0 Å². The van der Waals surface area contributed by atoms with Crippen molar-refractivity contribution in [2.24, 2.45) is 7.05 Å². The third-order valence-corrected chi connectivity index (χ3v) is 4.95. The van der Waals surface area contributed by atoms with Crippen molar-refractivity contribution in [1.82, 2.24) is 4.57 Å². The number of esters is 1. The predicted octanol–water partition coefficient (Wildman–Crippen LogP) is 3.90. The molecule has 3 rings (SSSR count). The van der Waals surface area contributed by atoms with Crippen LogP contribution in [0.15, 0.2) is 24.3 Å². The van der Waals surface area contributed by atoms with Crippen LogP contribution in [0.1, 0.15) is 50.3 Å². The lowest BCUT2D eigenvalue weighted by Gasteiger charge is -2.35. The van der Waals surface area contributed by atoms with Gasteiger partial charge in [0.25, 0.3) is 0 Å². The summed E-state index contributed by atoms with van der Waals surface area (Å²) < 4.78 is 7.21. The van der Waals surface area contributed by atoms with Gasteiger partial charge in [0.05, 0.1) is 13.5 Å². The normalized spacial score (nSPS) is 20.3. The summed E-state index contributed by atoms with van der Waals surface area (Å²) in [6.07, 6.45) is 2.63. The topological polar surface area (TPSA) is 31.2 Å². The number of para-hydroxylation sites is 1. The molecule has 1 aliphatic carbocycles. The minimum absolute atomic E-state index is 0.112. The van der Waals surface area contributed by atoms with Crippen LogP contribution in [-0.2, 0) is 22.0 Å². The Hall–Kier alpha value is -1.77. The maximum Gasteiger partial charge on any atom is 0.306 e. The number of fused-ring (bicyclic) bond motifs is 3. The Labute approximate surface area is 125 Å². The van der Waals surface area contributed by atoms with Crippen molar-refractivity contribution >= 4 is 16.9 Å². The van der Waals surface area contributed by atoms with Gasteiger partial charge in [-0.1, -0.05) is 32.0 Å². The Morgan fingerprint density at radius 3 is 2.81 bits per heavy atom. The molecule has 0 fully saturated rings. The molecule has 1 aromatic heterocycles. The van der Waals surface area contributed by atoms with Gasteiger partial charge in [-0.05, 0) is 30.4 Å². The van der Waals surface area contributed by atoms with E-state index in [1.165, 1.54) is 29.3 Å². The Bertz CT molecular complexity index is 697. The number of benzene rings is 1. The molecule has 1 atom stereocenters. The first-order valence-electron chi connectivity index (χ1n) is 7.60. The molecule has 0 saturated carbocycles. The quantitative estimate of drug-likeness (QED) is 0.784. The highest BCUT2D eigenvalue weighted by Crippen LogP contribution is 2.48. The van der Waals surface area contributed by atoms with Crippen molar-refractivity contribution in [3.05, 3.63) is 35.5 Å². The minimum Gasteiger partial charge on any atom is -0.469 e. The van der Waals surface area contributed by atoms with E-state index in [2.05, 4.69) is 49.7 Å². The average molecular weight is 285 g/mol. The van der Waals surface area contributed by atoms with Crippen molar-refractivity contribution in [3.8, 4) is 0 Å². The van der Waals surface area contributed by atoms with E-state index in [0.29, 0.717) is 6.42 Å². The summed E-state index contributed by atoms with van der Waals surface area (Å²) in [5.41, 5.74) is 4.14. The number of aryl methyl sites for hydroxylation is 1. The van der Waals surface area contributed by atoms with Crippen LogP contribution in [0.5, 0.6) is 0 Å². The molecule has 1 aliphatic rings. The molecule has 0 aliphatic heterocycles. The van der Waals surface area contributed by atoms with Crippen LogP contribution in [0, 0.1) is 0 Å². The standard InChI is InChI=1S/C18H23NO2/c1-18(2)10-9-12(11-15(20)21-4)16-13-7-5-6-8-14(13)19(3)17(16)18/h5-8,12H,9-11H2,1-4H3.